The molecule has 23 heteroatoms. The van der Waals surface area contributed by atoms with Crippen LogP contribution in [0.2, 0.25) is 10.0 Å². The fourth-order valence-electron chi connectivity index (χ4n) is 5.88. The van der Waals surface area contributed by atoms with E-state index < -0.39 is 59.7 Å². The summed E-state index contributed by atoms with van der Waals surface area (Å²) in [5.41, 5.74) is 4.84. The highest BCUT2D eigenvalue weighted by atomic mass is 35.5. The number of halogens is 3. The van der Waals surface area contributed by atoms with Gasteiger partial charge in [-0.25, -0.2) is 24.0 Å². The minimum Gasteiger partial charge on any atom is -0.476 e. The van der Waals surface area contributed by atoms with Gasteiger partial charge in [-0.05, 0) is 145 Å². The fourth-order valence-corrected chi connectivity index (χ4v) is 6.14. The average Bonchev–Trinajstić information content (AvgIpc) is 3.33. The summed E-state index contributed by atoms with van der Waals surface area (Å²) < 4.78 is 46.2. The Kier molecular flexibility index (Phi) is 29.3. The topological polar surface area (TPSA) is 265 Å². The smallest absolute Gasteiger partial charge is 0.476 e. The summed E-state index contributed by atoms with van der Waals surface area (Å²) in [6, 6.07) is 27.4. The van der Waals surface area contributed by atoms with E-state index in [-0.39, 0.29) is 58.0 Å². The van der Waals surface area contributed by atoms with Crippen LogP contribution >= 0.6 is 35.6 Å². The Morgan fingerprint density at radius 2 is 0.883 bits per heavy atom. The molecule has 0 fully saturated rings. The molecule has 2 unspecified atom stereocenters. The maximum absolute atomic E-state index is 12.6. The molecule has 0 saturated carbocycles. The van der Waals surface area contributed by atoms with Crippen molar-refractivity contribution in [2.45, 2.75) is 112 Å². The molecule has 0 spiro atoms. The first-order valence-electron chi connectivity index (χ1n) is 23.6. The number of nitrogens with one attached hydrogen (secondary N) is 3. The van der Waals surface area contributed by atoms with Crippen LogP contribution in [0, 0.1) is 0 Å². The van der Waals surface area contributed by atoms with Crippen LogP contribution < -0.4 is 31.2 Å². The SMILES string of the molecule is C.CC(OC(=O)OCCN)OC(=O)C(C)(C)Oc1ccc(CCNC(=O)c2ccc(Cl)cc2)cc1.CC(OC(=O)OCCNC(=O)OC(C)(C)C)OC(=O)C(C)(C)Oc1ccc(CCNC(=O)c2ccc(Cl)cc2)cc1.Cl. The van der Waals surface area contributed by atoms with Gasteiger partial charge in [-0.2, -0.15) is 0 Å². The van der Waals surface area contributed by atoms with Gasteiger partial charge in [0.25, 0.3) is 11.8 Å². The molecule has 0 aliphatic carbocycles. The first kappa shape index (κ1) is 68.0. The molecule has 0 radical (unpaired) electrons. The summed E-state index contributed by atoms with van der Waals surface area (Å²) in [6.07, 6.45) is -3.91. The van der Waals surface area contributed by atoms with Crippen molar-refractivity contribution in [1.29, 1.82) is 0 Å². The Bertz CT molecular complexity index is 2490. The molecule has 0 bridgehead atoms. The number of ether oxygens (including phenoxy) is 9. The lowest BCUT2D eigenvalue weighted by Crippen LogP contribution is -2.42. The number of hydrogen-bond acceptors (Lipinski definition) is 17. The number of amides is 3. The van der Waals surface area contributed by atoms with Gasteiger partial charge in [-0.3, -0.25) is 9.59 Å². The van der Waals surface area contributed by atoms with Gasteiger partial charge >= 0.3 is 30.3 Å². The molecule has 2 atom stereocenters. The van der Waals surface area contributed by atoms with Gasteiger partial charge in [0.1, 0.15) is 30.3 Å². The lowest BCUT2D eigenvalue weighted by Gasteiger charge is -2.26. The number of hydrogen-bond donors (Lipinski definition) is 4. The van der Waals surface area contributed by atoms with Gasteiger partial charge < -0.3 is 64.3 Å². The quantitative estimate of drug-likeness (QED) is 0.0233. The van der Waals surface area contributed by atoms with Gasteiger partial charge in [0, 0.05) is 54.7 Å². The zero-order valence-corrected chi connectivity index (χ0v) is 46.2. The Hall–Kier alpha value is -7.00. The van der Waals surface area contributed by atoms with Gasteiger partial charge in [-0.1, -0.05) is 54.9 Å². The van der Waals surface area contributed by atoms with Crippen LogP contribution in [0.15, 0.2) is 97.1 Å². The molecule has 5 N–H and O–H groups in total. The van der Waals surface area contributed by atoms with Crippen molar-refractivity contribution in [3.8, 4) is 11.5 Å². The second-order valence-electron chi connectivity index (χ2n) is 18.1. The van der Waals surface area contributed by atoms with Crippen LogP contribution in [-0.4, -0.2) is 111 Å². The summed E-state index contributed by atoms with van der Waals surface area (Å²) in [7, 11) is 0. The number of esters is 2. The highest BCUT2D eigenvalue weighted by Gasteiger charge is 2.35. The van der Waals surface area contributed by atoms with Crippen LogP contribution in [0.25, 0.3) is 0 Å². The van der Waals surface area contributed by atoms with Crippen LogP contribution in [0.4, 0.5) is 14.4 Å². The van der Waals surface area contributed by atoms with E-state index in [0.717, 1.165) is 11.1 Å². The molecular formula is C54H71Cl3N4O16. The van der Waals surface area contributed by atoms with Crippen LogP contribution in [0.1, 0.15) is 102 Å². The molecule has 0 heterocycles. The van der Waals surface area contributed by atoms with E-state index in [2.05, 4.69) is 20.7 Å². The number of carbonyl (C=O) groups is 7. The van der Waals surface area contributed by atoms with Crippen molar-refractivity contribution in [3.05, 3.63) is 129 Å². The maximum atomic E-state index is 12.6. The van der Waals surface area contributed by atoms with E-state index in [4.69, 9.17) is 66.8 Å². The number of carbonyl (C=O) groups excluding carboxylic acids is 7. The number of benzene rings is 4. The normalized spacial score (nSPS) is 11.6. The summed E-state index contributed by atoms with van der Waals surface area (Å²) >= 11 is 11.7. The van der Waals surface area contributed by atoms with Gasteiger partial charge in [0.05, 0.1) is 6.54 Å². The molecule has 77 heavy (non-hydrogen) atoms. The zero-order valence-electron chi connectivity index (χ0n) is 43.8. The second kappa shape index (κ2) is 33.2. The summed E-state index contributed by atoms with van der Waals surface area (Å²) in [5.74, 6) is -0.983. The van der Waals surface area contributed by atoms with Crippen molar-refractivity contribution < 1.29 is 76.2 Å². The number of alkyl carbamates (subject to hydrolysis) is 1. The van der Waals surface area contributed by atoms with E-state index in [1.54, 1.807) is 93.6 Å². The highest BCUT2D eigenvalue weighted by Crippen LogP contribution is 2.23. The molecule has 20 nitrogen and oxygen atoms in total. The Morgan fingerprint density at radius 3 is 1.23 bits per heavy atom. The molecule has 4 rings (SSSR count). The predicted octanol–water partition coefficient (Wildman–Crippen LogP) is 9.57. The van der Waals surface area contributed by atoms with Crippen molar-refractivity contribution in [1.82, 2.24) is 16.0 Å². The standard InChI is InChI=1S/C29H37ClN2O9.C24H29ClN2O7.CH4.ClH/c1-19(39-27(36)37-18-17-32-26(35)41-28(2,3)4)38-25(34)29(5,6)40-23-13-7-20(8-14-23)15-16-31-24(33)21-9-11-22(30)12-10-21;1-16(33-23(30)31-15-13-26)32-22(29)24(2,3)34-20-10-4-17(5-11-20)12-14-27-21(28)18-6-8-19(25)9-7-18;;/h7-14,19H,15-18H2,1-6H3,(H,31,33)(H,32,35);4-11,16H,12-15,26H2,1-3H3,(H,27,28);1H4;1H. The predicted molar refractivity (Wildman–Crippen MR) is 291 cm³/mol. The molecule has 424 valence electrons. The van der Waals surface area contributed by atoms with Crippen LogP contribution in [0.5, 0.6) is 11.5 Å². The van der Waals surface area contributed by atoms with Crippen molar-refractivity contribution in [2.75, 3.05) is 39.4 Å². The third-order valence-corrected chi connectivity index (χ3v) is 10.1. The van der Waals surface area contributed by atoms with E-state index >= 15 is 0 Å². The third-order valence-electron chi connectivity index (χ3n) is 9.59. The Balaban J connectivity index is 0.000000763. The van der Waals surface area contributed by atoms with Crippen molar-refractivity contribution in [3.63, 3.8) is 0 Å². The van der Waals surface area contributed by atoms with Gasteiger partial charge in [0.2, 0.25) is 12.6 Å². The summed E-state index contributed by atoms with van der Waals surface area (Å²) in [4.78, 5) is 84.2. The largest absolute Gasteiger partial charge is 0.511 e. The highest BCUT2D eigenvalue weighted by molar-refractivity contribution is 6.31. The van der Waals surface area contributed by atoms with E-state index in [1.165, 1.54) is 41.5 Å². The first-order valence-corrected chi connectivity index (χ1v) is 24.4. The molecule has 4 aromatic carbocycles. The molecule has 4 aromatic rings. The molecule has 3 amide bonds. The van der Waals surface area contributed by atoms with Gasteiger partial charge in [-0.15, -0.1) is 12.4 Å². The Labute approximate surface area is 465 Å². The summed E-state index contributed by atoms with van der Waals surface area (Å²) in [6.45, 7) is 14.9. The summed E-state index contributed by atoms with van der Waals surface area (Å²) in [5, 5.41) is 9.27. The molecule has 0 aliphatic heterocycles. The zero-order chi connectivity index (χ0) is 55.8. The van der Waals surface area contributed by atoms with Crippen molar-refractivity contribution >= 4 is 77.8 Å². The number of nitrogens with two attached hydrogens (primary N) is 1. The fraction of sp³-hybridized carbons (Fsp3) is 0.426. The Morgan fingerprint density at radius 1 is 0.519 bits per heavy atom. The minimum atomic E-state index is -1.40. The molecule has 0 saturated heterocycles. The van der Waals surface area contributed by atoms with Crippen LogP contribution in [0.3, 0.4) is 0 Å². The number of rotatable bonds is 23. The first-order chi connectivity index (χ1) is 35.2. The van der Waals surface area contributed by atoms with Crippen LogP contribution in [-0.2, 0) is 55.6 Å². The van der Waals surface area contributed by atoms with E-state index in [9.17, 15) is 33.6 Å². The van der Waals surface area contributed by atoms with E-state index in [0.29, 0.717) is 58.6 Å². The average molecular weight is 1140 g/mol. The lowest BCUT2D eigenvalue weighted by molar-refractivity contribution is -0.184. The maximum Gasteiger partial charge on any atom is 0.511 e. The molecule has 0 aliphatic rings. The third kappa shape index (κ3) is 27.1. The molecular weight excluding hydrogens is 1070 g/mol. The van der Waals surface area contributed by atoms with E-state index in [1.807, 2.05) is 24.3 Å². The lowest BCUT2D eigenvalue weighted by atomic mass is 10.1. The van der Waals surface area contributed by atoms with Gasteiger partial charge in [0.15, 0.2) is 11.2 Å². The monoisotopic (exact) mass is 1140 g/mol. The second-order valence-corrected chi connectivity index (χ2v) is 19.0. The van der Waals surface area contributed by atoms with Crippen molar-refractivity contribution in [2.24, 2.45) is 5.73 Å². The molecule has 0 aromatic heterocycles. The minimum absolute atomic E-state index is 0.